The number of carbonyl (C=O) groups excluding carboxylic acids is 2. The van der Waals surface area contributed by atoms with Crippen LogP contribution in [0.1, 0.15) is 45.0 Å². The van der Waals surface area contributed by atoms with Gasteiger partial charge in [0.25, 0.3) is 5.91 Å². The zero-order valence-electron chi connectivity index (χ0n) is 17.1. The maximum Gasteiger partial charge on any atom is 0.341 e. The first kappa shape index (κ1) is 24.3. The zero-order valence-corrected chi connectivity index (χ0v) is 19.5. The van der Waals surface area contributed by atoms with Gasteiger partial charge in [0.2, 0.25) is 0 Å². The van der Waals surface area contributed by atoms with Crippen molar-refractivity contribution >= 4 is 50.5 Å². The lowest BCUT2D eigenvalue weighted by molar-refractivity contribution is 0.0526. The monoisotopic (exact) mass is 472 g/mol. The number of amides is 1. The summed E-state index contributed by atoms with van der Waals surface area (Å²) in [6, 6.07) is 5.72. The van der Waals surface area contributed by atoms with Crippen LogP contribution in [0.3, 0.4) is 0 Å². The molecule has 0 bridgehead atoms. The topological polar surface area (TPSA) is 92.8 Å². The second kappa shape index (κ2) is 9.91. The smallest absolute Gasteiger partial charge is 0.341 e. The number of halogens is 1. The maximum absolute atomic E-state index is 12.7. The predicted molar refractivity (Wildman–Crippen MR) is 120 cm³/mol. The van der Waals surface area contributed by atoms with Crippen molar-refractivity contribution in [3.63, 3.8) is 0 Å². The third-order valence-electron chi connectivity index (χ3n) is 4.83. The van der Waals surface area contributed by atoms with E-state index in [1.165, 1.54) is 35.6 Å². The Balaban J connectivity index is 0.00000320. The number of nitrogens with one attached hydrogen (secondary N) is 1. The van der Waals surface area contributed by atoms with Crippen molar-refractivity contribution in [2.45, 2.75) is 31.7 Å². The van der Waals surface area contributed by atoms with Crippen LogP contribution < -0.4 is 5.32 Å². The molecular weight excluding hydrogens is 448 g/mol. The number of likely N-dealkylation sites (N-methyl/N-ethyl adjacent to an activating group) is 1. The van der Waals surface area contributed by atoms with Crippen molar-refractivity contribution in [2.75, 3.05) is 31.3 Å². The minimum absolute atomic E-state index is 0. The van der Waals surface area contributed by atoms with E-state index < -0.39 is 21.7 Å². The van der Waals surface area contributed by atoms with Gasteiger partial charge in [0.15, 0.2) is 9.84 Å². The summed E-state index contributed by atoms with van der Waals surface area (Å²) in [5.74, 6) is -0.834. The number of fused-ring (bicyclic) bond motifs is 1. The van der Waals surface area contributed by atoms with Crippen LogP contribution in [0.2, 0.25) is 0 Å². The highest BCUT2D eigenvalue weighted by atomic mass is 35.5. The average molecular weight is 473 g/mol. The van der Waals surface area contributed by atoms with Gasteiger partial charge in [0.05, 0.1) is 17.1 Å². The molecule has 1 aromatic carbocycles. The van der Waals surface area contributed by atoms with Crippen LogP contribution in [0, 0.1) is 0 Å². The summed E-state index contributed by atoms with van der Waals surface area (Å²) in [7, 11) is -3.33. The molecule has 7 nitrogen and oxygen atoms in total. The van der Waals surface area contributed by atoms with Crippen LogP contribution >= 0.6 is 23.7 Å². The molecule has 0 atom stereocenters. The van der Waals surface area contributed by atoms with Crippen LogP contribution in [0.15, 0.2) is 29.2 Å². The normalized spacial score (nSPS) is 13.8. The Morgan fingerprint density at radius 2 is 1.87 bits per heavy atom. The fourth-order valence-corrected chi connectivity index (χ4v) is 5.17. The summed E-state index contributed by atoms with van der Waals surface area (Å²) in [6.07, 6.45) is 1.84. The highest BCUT2D eigenvalue weighted by molar-refractivity contribution is 7.90. The molecular formula is C20H25ClN2O5S2. The summed E-state index contributed by atoms with van der Waals surface area (Å²) in [5, 5.41) is 3.30. The molecule has 0 aliphatic carbocycles. The van der Waals surface area contributed by atoms with Crippen LogP contribution in [0.5, 0.6) is 0 Å². The van der Waals surface area contributed by atoms with Gasteiger partial charge < -0.3 is 10.1 Å². The Bertz CT molecular complexity index is 1030. The lowest BCUT2D eigenvalue weighted by Crippen LogP contribution is -2.30. The molecule has 1 aliphatic rings. The standard InChI is InChI=1S/C20H24N2O5S2.ClH/c1-4-22-11-10-15-16(12-22)28-19(17(15)20(24)27-5-2)21-18(23)13-6-8-14(9-7-13)29(3,25)26;/h6-9H,4-5,10-12H2,1-3H3,(H,21,23);1H. The molecule has 1 aromatic heterocycles. The number of hydrogen-bond donors (Lipinski definition) is 1. The van der Waals surface area contributed by atoms with Crippen LogP contribution in [-0.4, -0.2) is 51.1 Å². The minimum atomic E-state index is -3.33. The fraction of sp³-hybridized carbons (Fsp3) is 0.400. The van der Waals surface area contributed by atoms with E-state index in [9.17, 15) is 18.0 Å². The predicted octanol–water partition coefficient (Wildman–Crippen LogP) is 3.38. The van der Waals surface area contributed by atoms with Crippen molar-refractivity contribution in [3.8, 4) is 0 Å². The number of sulfone groups is 1. The van der Waals surface area contributed by atoms with Gasteiger partial charge in [-0.15, -0.1) is 23.7 Å². The number of anilines is 1. The highest BCUT2D eigenvalue weighted by Gasteiger charge is 2.29. The van der Waals surface area contributed by atoms with E-state index in [0.29, 0.717) is 16.1 Å². The Labute approximate surface area is 186 Å². The number of ether oxygens (including phenoxy) is 1. The Morgan fingerprint density at radius 3 is 2.43 bits per heavy atom. The zero-order chi connectivity index (χ0) is 21.2. The summed E-state index contributed by atoms with van der Waals surface area (Å²) in [4.78, 5) is 28.8. The molecule has 1 amide bonds. The van der Waals surface area contributed by atoms with Crippen LogP contribution in [-0.2, 0) is 27.5 Å². The lowest BCUT2D eigenvalue weighted by atomic mass is 10.0. The van der Waals surface area contributed by atoms with Gasteiger partial charge in [-0.2, -0.15) is 0 Å². The minimum Gasteiger partial charge on any atom is -0.462 e. The third kappa shape index (κ3) is 5.21. The van der Waals surface area contributed by atoms with E-state index in [4.69, 9.17) is 4.74 Å². The summed E-state index contributed by atoms with van der Waals surface area (Å²) in [5.41, 5.74) is 1.69. The van der Waals surface area contributed by atoms with Gasteiger partial charge >= 0.3 is 5.97 Å². The maximum atomic E-state index is 12.7. The number of benzene rings is 1. The van der Waals surface area contributed by atoms with Crippen molar-refractivity contribution < 1.29 is 22.7 Å². The van der Waals surface area contributed by atoms with E-state index in [2.05, 4.69) is 17.1 Å². The summed E-state index contributed by atoms with van der Waals surface area (Å²) < 4.78 is 28.4. The molecule has 0 spiro atoms. The molecule has 30 heavy (non-hydrogen) atoms. The van der Waals surface area contributed by atoms with E-state index in [1.54, 1.807) is 6.92 Å². The van der Waals surface area contributed by atoms with E-state index in [-0.39, 0.29) is 23.9 Å². The van der Waals surface area contributed by atoms with Gasteiger partial charge in [-0.3, -0.25) is 9.69 Å². The second-order valence-corrected chi connectivity index (χ2v) is 9.92. The van der Waals surface area contributed by atoms with Crippen molar-refractivity contribution in [3.05, 3.63) is 45.8 Å². The summed E-state index contributed by atoms with van der Waals surface area (Å²) in [6.45, 7) is 6.60. The molecule has 2 heterocycles. The number of carbonyl (C=O) groups is 2. The molecule has 0 radical (unpaired) electrons. The largest absolute Gasteiger partial charge is 0.462 e. The number of esters is 1. The van der Waals surface area contributed by atoms with Crippen LogP contribution in [0.4, 0.5) is 5.00 Å². The first-order valence-corrected chi connectivity index (χ1v) is 12.1. The molecule has 1 aliphatic heterocycles. The number of thiophene rings is 1. The third-order valence-corrected chi connectivity index (χ3v) is 7.10. The first-order valence-electron chi connectivity index (χ1n) is 9.40. The van der Waals surface area contributed by atoms with Crippen molar-refractivity contribution in [1.29, 1.82) is 0 Å². The molecule has 0 saturated heterocycles. The first-order chi connectivity index (χ1) is 13.7. The van der Waals surface area contributed by atoms with E-state index in [1.807, 2.05) is 0 Å². The highest BCUT2D eigenvalue weighted by Crippen LogP contribution is 2.37. The Hall–Kier alpha value is -1.94. The van der Waals surface area contributed by atoms with Crippen molar-refractivity contribution in [1.82, 2.24) is 4.90 Å². The van der Waals surface area contributed by atoms with Gasteiger partial charge in [-0.1, -0.05) is 6.92 Å². The van der Waals surface area contributed by atoms with Gasteiger partial charge in [-0.25, -0.2) is 13.2 Å². The van der Waals surface area contributed by atoms with E-state index in [0.717, 1.165) is 42.8 Å². The number of rotatable bonds is 6. The number of hydrogen-bond acceptors (Lipinski definition) is 7. The lowest BCUT2D eigenvalue weighted by Gasteiger charge is -2.25. The molecule has 2 aromatic rings. The SMILES string of the molecule is CCOC(=O)c1c(NC(=O)c2ccc(S(C)(=O)=O)cc2)sc2c1CCN(CC)C2.Cl. The number of nitrogens with zero attached hydrogens (tertiary/aromatic N) is 1. The molecule has 0 fully saturated rings. The van der Waals surface area contributed by atoms with Gasteiger partial charge in [0.1, 0.15) is 5.00 Å². The molecule has 164 valence electrons. The molecule has 1 N–H and O–H groups in total. The molecule has 3 rings (SSSR count). The molecule has 10 heteroatoms. The Morgan fingerprint density at radius 1 is 1.20 bits per heavy atom. The summed E-state index contributed by atoms with van der Waals surface area (Å²) >= 11 is 1.40. The quantitative estimate of drug-likeness (QED) is 0.648. The Kier molecular flexibility index (Phi) is 8.04. The van der Waals surface area contributed by atoms with Gasteiger partial charge in [-0.05, 0) is 49.7 Å². The average Bonchev–Trinajstić information content (AvgIpc) is 3.04. The fourth-order valence-electron chi connectivity index (χ4n) is 3.26. The van der Waals surface area contributed by atoms with Gasteiger partial charge in [0, 0.05) is 29.8 Å². The van der Waals surface area contributed by atoms with E-state index >= 15 is 0 Å². The van der Waals surface area contributed by atoms with Crippen LogP contribution in [0.25, 0.3) is 0 Å². The molecule has 0 saturated carbocycles. The van der Waals surface area contributed by atoms with Crippen molar-refractivity contribution in [2.24, 2.45) is 0 Å². The molecule has 0 unspecified atom stereocenters. The second-order valence-electron chi connectivity index (χ2n) is 6.80.